The van der Waals surface area contributed by atoms with Gasteiger partial charge in [-0.3, -0.25) is 14.2 Å². The first-order valence-corrected chi connectivity index (χ1v) is 10.8. The number of amides is 1. The van der Waals surface area contributed by atoms with Crippen LogP contribution in [-0.4, -0.2) is 31.2 Å². The Labute approximate surface area is 175 Å². The van der Waals surface area contributed by atoms with Crippen molar-refractivity contribution >= 4 is 27.3 Å². The lowest BCUT2D eigenvalue weighted by Crippen LogP contribution is -2.14. The van der Waals surface area contributed by atoms with E-state index in [0.29, 0.717) is 29.3 Å². The lowest BCUT2D eigenvalue weighted by Gasteiger charge is -2.10. The molecule has 1 amide bonds. The molecule has 1 heterocycles. The molecule has 158 valence electrons. The Morgan fingerprint density at radius 2 is 1.83 bits per heavy atom. The van der Waals surface area contributed by atoms with Crippen molar-refractivity contribution in [3.63, 3.8) is 0 Å². The standard InChI is InChI=1S/C21H24N4O4S/c1-14-21(15(2)25(23-14)13-17-6-5-7-19(12-17)29-4)24-30(27,28)20-10-8-18(9-11-20)22-16(3)26/h5-12,24H,13H2,1-4H3,(H,22,26). The molecule has 0 radical (unpaired) electrons. The summed E-state index contributed by atoms with van der Waals surface area (Å²) in [6, 6.07) is 13.6. The molecular formula is C21H24N4O4S. The highest BCUT2D eigenvalue weighted by atomic mass is 32.2. The van der Waals surface area contributed by atoms with Gasteiger partial charge in [0, 0.05) is 12.6 Å². The van der Waals surface area contributed by atoms with Gasteiger partial charge in [-0.05, 0) is 55.8 Å². The second-order valence-electron chi connectivity index (χ2n) is 6.87. The summed E-state index contributed by atoms with van der Waals surface area (Å²) in [5, 5.41) is 7.10. The number of methoxy groups -OCH3 is 1. The maximum atomic E-state index is 12.8. The molecular weight excluding hydrogens is 404 g/mol. The van der Waals surface area contributed by atoms with E-state index >= 15 is 0 Å². The van der Waals surface area contributed by atoms with Gasteiger partial charge in [-0.1, -0.05) is 12.1 Å². The number of carbonyl (C=O) groups excluding carboxylic acids is 1. The van der Waals surface area contributed by atoms with Crippen molar-refractivity contribution < 1.29 is 17.9 Å². The van der Waals surface area contributed by atoms with Crippen LogP contribution in [-0.2, 0) is 21.4 Å². The van der Waals surface area contributed by atoms with Crippen molar-refractivity contribution in [3.05, 3.63) is 65.5 Å². The lowest BCUT2D eigenvalue weighted by atomic mass is 10.2. The van der Waals surface area contributed by atoms with E-state index in [1.165, 1.54) is 19.1 Å². The molecule has 9 heteroatoms. The molecule has 0 atom stereocenters. The van der Waals surface area contributed by atoms with E-state index in [9.17, 15) is 13.2 Å². The van der Waals surface area contributed by atoms with Crippen molar-refractivity contribution in [3.8, 4) is 5.75 Å². The Balaban J connectivity index is 1.83. The number of nitrogens with one attached hydrogen (secondary N) is 2. The highest BCUT2D eigenvalue weighted by Gasteiger charge is 2.20. The number of ether oxygens (including phenoxy) is 1. The quantitative estimate of drug-likeness (QED) is 0.601. The van der Waals surface area contributed by atoms with E-state index in [2.05, 4.69) is 15.1 Å². The third kappa shape index (κ3) is 4.80. The smallest absolute Gasteiger partial charge is 0.262 e. The van der Waals surface area contributed by atoms with Crippen LogP contribution in [0.2, 0.25) is 0 Å². The van der Waals surface area contributed by atoms with Crippen molar-refractivity contribution in [2.75, 3.05) is 17.1 Å². The molecule has 0 aliphatic rings. The number of hydrogen-bond acceptors (Lipinski definition) is 5. The van der Waals surface area contributed by atoms with Crippen LogP contribution in [0.1, 0.15) is 23.9 Å². The van der Waals surface area contributed by atoms with Gasteiger partial charge in [-0.15, -0.1) is 0 Å². The molecule has 0 saturated carbocycles. The van der Waals surface area contributed by atoms with Crippen LogP contribution in [0.15, 0.2) is 53.4 Å². The fraction of sp³-hybridized carbons (Fsp3) is 0.238. The average Bonchev–Trinajstić information content (AvgIpc) is 2.95. The van der Waals surface area contributed by atoms with Gasteiger partial charge >= 0.3 is 0 Å². The number of carbonyl (C=O) groups is 1. The first-order valence-electron chi connectivity index (χ1n) is 9.27. The number of hydrogen-bond donors (Lipinski definition) is 2. The van der Waals surface area contributed by atoms with E-state index in [0.717, 1.165) is 11.3 Å². The SMILES string of the molecule is COc1cccc(Cn2nc(C)c(NS(=O)(=O)c3ccc(NC(C)=O)cc3)c2C)c1. The second-order valence-corrected chi connectivity index (χ2v) is 8.55. The van der Waals surface area contributed by atoms with Crippen LogP contribution < -0.4 is 14.8 Å². The maximum Gasteiger partial charge on any atom is 0.262 e. The molecule has 8 nitrogen and oxygen atoms in total. The van der Waals surface area contributed by atoms with E-state index < -0.39 is 10.0 Å². The van der Waals surface area contributed by atoms with E-state index in [-0.39, 0.29) is 10.8 Å². The van der Waals surface area contributed by atoms with Gasteiger partial charge < -0.3 is 10.1 Å². The summed E-state index contributed by atoms with van der Waals surface area (Å²) in [4.78, 5) is 11.2. The minimum Gasteiger partial charge on any atom is -0.497 e. The monoisotopic (exact) mass is 428 g/mol. The summed E-state index contributed by atoms with van der Waals surface area (Å²) < 4.78 is 35.3. The molecule has 0 spiro atoms. The Morgan fingerprint density at radius 1 is 1.13 bits per heavy atom. The number of sulfonamides is 1. The minimum atomic E-state index is -3.81. The fourth-order valence-electron chi connectivity index (χ4n) is 3.06. The van der Waals surface area contributed by atoms with Gasteiger partial charge in [0.1, 0.15) is 5.75 Å². The Morgan fingerprint density at radius 3 is 2.47 bits per heavy atom. The average molecular weight is 429 g/mol. The highest BCUT2D eigenvalue weighted by Crippen LogP contribution is 2.25. The minimum absolute atomic E-state index is 0.0935. The molecule has 0 aliphatic carbocycles. The summed E-state index contributed by atoms with van der Waals surface area (Å²) in [5.41, 5.74) is 3.24. The van der Waals surface area contributed by atoms with Crippen molar-refractivity contribution in [2.45, 2.75) is 32.2 Å². The number of nitrogens with zero attached hydrogens (tertiary/aromatic N) is 2. The van der Waals surface area contributed by atoms with Crippen LogP contribution in [0, 0.1) is 13.8 Å². The van der Waals surface area contributed by atoms with Gasteiger partial charge in [0.25, 0.3) is 10.0 Å². The third-order valence-corrected chi connectivity index (χ3v) is 5.94. The Bertz CT molecular complexity index is 1170. The van der Waals surface area contributed by atoms with E-state index in [1.54, 1.807) is 30.8 Å². The van der Waals surface area contributed by atoms with E-state index in [4.69, 9.17) is 4.74 Å². The Hall–Kier alpha value is -3.33. The zero-order valence-electron chi connectivity index (χ0n) is 17.3. The molecule has 0 saturated heterocycles. The summed E-state index contributed by atoms with van der Waals surface area (Å²) in [6.07, 6.45) is 0. The molecule has 0 bridgehead atoms. The molecule has 0 fully saturated rings. The second kappa shape index (κ2) is 8.58. The fourth-order valence-corrected chi connectivity index (χ4v) is 4.23. The van der Waals surface area contributed by atoms with Gasteiger partial charge in [0.05, 0.1) is 35.6 Å². The molecule has 3 aromatic rings. The molecule has 1 aromatic heterocycles. The molecule has 0 aliphatic heterocycles. The lowest BCUT2D eigenvalue weighted by molar-refractivity contribution is -0.114. The number of anilines is 2. The number of aromatic nitrogens is 2. The van der Waals surface area contributed by atoms with Gasteiger partial charge in [-0.2, -0.15) is 5.10 Å². The molecule has 30 heavy (non-hydrogen) atoms. The summed E-state index contributed by atoms with van der Waals surface area (Å²) >= 11 is 0. The normalized spacial score (nSPS) is 11.2. The predicted octanol–water partition coefficient (Wildman–Crippen LogP) is 3.32. The van der Waals surface area contributed by atoms with Crippen molar-refractivity contribution in [1.29, 1.82) is 0 Å². The van der Waals surface area contributed by atoms with Crippen LogP contribution in [0.3, 0.4) is 0 Å². The predicted molar refractivity (Wildman–Crippen MR) is 115 cm³/mol. The third-order valence-electron chi connectivity index (χ3n) is 4.57. The van der Waals surface area contributed by atoms with Crippen LogP contribution >= 0.6 is 0 Å². The number of benzene rings is 2. The zero-order chi connectivity index (χ0) is 21.9. The van der Waals surface area contributed by atoms with Gasteiger partial charge in [-0.25, -0.2) is 8.42 Å². The van der Waals surface area contributed by atoms with Crippen LogP contribution in [0.4, 0.5) is 11.4 Å². The van der Waals surface area contributed by atoms with Gasteiger partial charge in [0.2, 0.25) is 5.91 Å². The summed E-state index contributed by atoms with van der Waals surface area (Å²) in [7, 11) is -2.20. The molecule has 3 rings (SSSR count). The van der Waals surface area contributed by atoms with E-state index in [1.807, 2.05) is 31.2 Å². The first-order chi connectivity index (χ1) is 14.2. The highest BCUT2D eigenvalue weighted by molar-refractivity contribution is 7.92. The maximum absolute atomic E-state index is 12.8. The number of rotatable bonds is 7. The topological polar surface area (TPSA) is 102 Å². The summed E-state index contributed by atoms with van der Waals surface area (Å²) in [5.74, 6) is 0.524. The zero-order valence-corrected chi connectivity index (χ0v) is 18.1. The van der Waals surface area contributed by atoms with Crippen molar-refractivity contribution in [2.24, 2.45) is 0 Å². The number of aryl methyl sites for hydroxylation is 1. The molecule has 2 N–H and O–H groups in total. The van der Waals surface area contributed by atoms with Crippen LogP contribution in [0.25, 0.3) is 0 Å². The molecule has 0 unspecified atom stereocenters. The summed E-state index contributed by atoms with van der Waals surface area (Å²) in [6.45, 7) is 5.45. The molecule has 2 aromatic carbocycles. The first kappa shape index (κ1) is 21.4. The van der Waals surface area contributed by atoms with Gasteiger partial charge in [0.15, 0.2) is 0 Å². The van der Waals surface area contributed by atoms with Crippen LogP contribution in [0.5, 0.6) is 5.75 Å². The Kier molecular flexibility index (Phi) is 6.12. The largest absolute Gasteiger partial charge is 0.497 e. The van der Waals surface area contributed by atoms with Crippen molar-refractivity contribution in [1.82, 2.24) is 9.78 Å².